The van der Waals surface area contributed by atoms with Crippen molar-refractivity contribution in [2.45, 2.75) is 78.3 Å². The van der Waals surface area contributed by atoms with E-state index >= 15 is 0 Å². The Kier molecular flexibility index (Phi) is 8.41. The van der Waals surface area contributed by atoms with E-state index in [0.29, 0.717) is 25.9 Å². The number of nitrogens with zero attached hydrogens (tertiary/aromatic N) is 2. The molecule has 0 saturated carbocycles. The standard InChI is InChI=1S/C26H39FN4O4/c1-7-16(2)23(32)29-22(26(3,4)5)24(33)30-13-12-19-21(30)20(14-31(19)25(34)28-6)35-15-17-8-10-18(27)11-9-17/h8-11,16,19-22H,7,12-15H2,1-6H3,(H,28,34)(H,29,32)/t16-,19-,20+,21+,22-/m1/s1. The monoisotopic (exact) mass is 490 g/mol. The van der Waals surface area contributed by atoms with Gasteiger partial charge < -0.3 is 25.2 Å². The normalized spacial score (nSPS) is 23.6. The Hall–Kier alpha value is -2.68. The van der Waals surface area contributed by atoms with Crippen LogP contribution in [0.25, 0.3) is 0 Å². The molecule has 5 atom stereocenters. The Morgan fingerprint density at radius 1 is 1.17 bits per heavy atom. The number of benzene rings is 1. The number of urea groups is 1. The van der Waals surface area contributed by atoms with Gasteiger partial charge in [0.2, 0.25) is 11.8 Å². The van der Waals surface area contributed by atoms with Crippen LogP contribution in [0, 0.1) is 17.2 Å². The van der Waals surface area contributed by atoms with E-state index in [1.54, 1.807) is 29.0 Å². The first-order valence-electron chi connectivity index (χ1n) is 12.4. The zero-order valence-corrected chi connectivity index (χ0v) is 21.6. The third kappa shape index (κ3) is 5.94. The minimum Gasteiger partial charge on any atom is -0.369 e. The summed E-state index contributed by atoms with van der Waals surface area (Å²) < 4.78 is 19.5. The van der Waals surface area contributed by atoms with Gasteiger partial charge in [-0.15, -0.1) is 0 Å². The fourth-order valence-corrected chi connectivity index (χ4v) is 4.88. The molecule has 0 aromatic heterocycles. The van der Waals surface area contributed by atoms with Gasteiger partial charge in [-0.3, -0.25) is 9.59 Å². The van der Waals surface area contributed by atoms with Crippen molar-refractivity contribution in [3.63, 3.8) is 0 Å². The minimum absolute atomic E-state index is 0.140. The molecule has 8 nitrogen and oxygen atoms in total. The molecule has 0 aliphatic carbocycles. The molecule has 1 aromatic rings. The van der Waals surface area contributed by atoms with Crippen molar-refractivity contribution in [3.8, 4) is 0 Å². The molecule has 2 aliphatic heterocycles. The molecular weight excluding hydrogens is 451 g/mol. The maximum atomic E-state index is 13.9. The Balaban J connectivity index is 1.83. The lowest BCUT2D eigenvalue weighted by atomic mass is 9.85. The van der Waals surface area contributed by atoms with Gasteiger partial charge in [-0.05, 0) is 36.0 Å². The summed E-state index contributed by atoms with van der Waals surface area (Å²) >= 11 is 0. The molecule has 3 rings (SSSR count). The van der Waals surface area contributed by atoms with Crippen LogP contribution in [0.15, 0.2) is 24.3 Å². The van der Waals surface area contributed by atoms with Gasteiger partial charge in [-0.2, -0.15) is 0 Å². The van der Waals surface area contributed by atoms with E-state index in [0.717, 1.165) is 5.56 Å². The maximum Gasteiger partial charge on any atom is 0.317 e. The molecule has 2 aliphatic rings. The molecular formula is C26H39FN4O4. The van der Waals surface area contributed by atoms with Gasteiger partial charge in [0, 0.05) is 19.5 Å². The van der Waals surface area contributed by atoms with E-state index in [4.69, 9.17) is 4.74 Å². The average Bonchev–Trinajstić information content (AvgIpc) is 3.40. The second-order valence-electron chi connectivity index (χ2n) is 10.7. The van der Waals surface area contributed by atoms with E-state index in [1.807, 2.05) is 34.6 Å². The van der Waals surface area contributed by atoms with Gasteiger partial charge in [0.1, 0.15) is 11.9 Å². The van der Waals surface area contributed by atoms with Crippen LogP contribution in [0.2, 0.25) is 0 Å². The van der Waals surface area contributed by atoms with Crippen LogP contribution < -0.4 is 10.6 Å². The molecule has 0 spiro atoms. The molecule has 2 N–H and O–H groups in total. The quantitative estimate of drug-likeness (QED) is 0.615. The lowest BCUT2D eigenvalue weighted by Crippen LogP contribution is -2.58. The lowest BCUT2D eigenvalue weighted by molar-refractivity contribution is -0.143. The Morgan fingerprint density at radius 2 is 1.83 bits per heavy atom. The van der Waals surface area contributed by atoms with Crippen LogP contribution in [0.3, 0.4) is 0 Å². The number of carbonyl (C=O) groups is 3. The van der Waals surface area contributed by atoms with Gasteiger partial charge in [-0.25, -0.2) is 9.18 Å². The summed E-state index contributed by atoms with van der Waals surface area (Å²) in [6.07, 6.45) is 0.918. The van der Waals surface area contributed by atoms with E-state index in [2.05, 4.69) is 10.6 Å². The Bertz CT molecular complexity index is 917. The van der Waals surface area contributed by atoms with Gasteiger partial charge in [0.25, 0.3) is 0 Å². The van der Waals surface area contributed by atoms with Crippen LogP contribution >= 0.6 is 0 Å². The van der Waals surface area contributed by atoms with Gasteiger partial charge in [0.05, 0.1) is 31.3 Å². The van der Waals surface area contributed by atoms with Crippen molar-refractivity contribution in [2.24, 2.45) is 11.3 Å². The smallest absolute Gasteiger partial charge is 0.317 e. The van der Waals surface area contributed by atoms with Crippen molar-refractivity contribution in [1.29, 1.82) is 0 Å². The molecule has 9 heteroatoms. The second-order valence-corrected chi connectivity index (χ2v) is 10.7. The molecule has 0 radical (unpaired) electrons. The summed E-state index contributed by atoms with van der Waals surface area (Å²) in [6.45, 7) is 10.7. The third-order valence-electron chi connectivity index (χ3n) is 7.17. The number of halogens is 1. The molecule has 0 bridgehead atoms. The number of carbonyl (C=O) groups excluding carboxylic acids is 3. The second kappa shape index (κ2) is 10.9. The highest BCUT2D eigenvalue weighted by Gasteiger charge is 2.54. The van der Waals surface area contributed by atoms with Crippen molar-refractivity contribution in [3.05, 3.63) is 35.6 Å². The molecule has 2 heterocycles. The first kappa shape index (κ1) is 26.9. The number of hydrogen-bond acceptors (Lipinski definition) is 4. The zero-order valence-electron chi connectivity index (χ0n) is 21.6. The van der Waals surface area contributed by atoms with Crippen molar-refractivity contribution in [1.82, 2.24) is 20.4 Å². The number of ether oxygens (including phenoxy) is 1. The first-order valence-corrected chi connectivity index (χ1v) is 12.4. The largest absolute Gasteiger partial charge is 0.369 e. The third-order valence-corrected chi connectivity index (χ3v) is 7.17. The summed E-state index contributed by atoms with van der Waals surface area (Å²) in [5, 5.41) is 5.67. The van der Waals surface area contributed by atoms with Gasteiger partial charge in [0.15, 0.2) is 0 Å². The Morgan fingerprint density at radius 3 is 2.40 bits per heavy atom. The molecule has 194 valence electrons. The lowest BCUT2D eigenvalue weighted by Gasteiger charge is -2.37. The highest BCUT2D eigenvalue weighted by atomic mass is 19.1. The number of hydrogen-bond donors (Lipinski definition) is 2. The summed E-state index contributed by atoms with van der Waals surface area (Å²) in [5.41, 5.74) is 0.313. The summed E-state index contributed by atoms with van der Waals surface area (Å²) in [7, 11) is 1.59. The molecule has 2 saturated heterocycles. The van der Waals surface area contributed by atoms with Crippen molar-refractivity contribution >= 4 is 17.8 Å². The van der Waals surface area contributed by atoms with Crippen LogP contribution in [-0.2, 0) is 20.9 Å². The summed E-state index contributed by atoms with van der Waals surface area (Å²) in [6, 6.07) is 4.67. The first-order chi connectivity index (χ1) is 16.5. The van der Waals surface area contributed by atoms with Crippen LogP contribution in [-0.4, -0.2) is 72.0 Å². The fraction of sp³-hybridized carbons (Fsp3) is 0.654. The van der Waals surface area contributed by atoms with Crippen molar-refractivity contribution < 1.29 is 23.5 Å². The topological polar surface area (TPSA) is 91.0 Å². The predicted octanol–water partition coefficient (Wildman–Crippen LogP) is 2.91. The predicted molar refractivity (Wildman–Crippen MR) is 131 cm³/mol. The number of amides is 4. The van der Waals surface area contributed by atoms with E-state index < -0.39 is 17.6 Å². The number of rotatable bonds is 7. The van der Waals surface area contributed by atoms with E-state index in [9.17, 15) is 18.8 Å². The average molecular weight is 491 g/mol. The summed E-state index contributed by atoms with van der Waals surface area (Å²) in [5.74, 6) is -0.809. The van der Waals surface area contributed by atoms with E-state index in [1.165, 1.54) is 12.1 Å². The molecule has 1 aromatic carbocycles. The molecule has 0 unspecified atom stereocenters. The number of likely N-dealkylation sites (tertiary alicyclic amines) is 2. The molecule has 2 fully saturated rings. The van der Waals surface area contributed by atoms with Crippen LogP contribution in [0.4, 0.5) is 9.18 Å². The highest BCUT2D eigenvalue weighted by Crippen LogP contribution is 2.36. The van der Waals surface area contributed by atoms with E-state index in [-0.39, 0.29) is 48.3 Å². The Labute approximate surface area is 207 Å². The van der Waals surface area contributed by atoms with Gasteiger partial charge >= 0.3 is 6.03 Å². The minimum atomic E-state index is -0.699. The highest BCUT2D eigenvalue weighted by molar-refractivity contribution is 5.89. The fourth-order valence-electron chi connectivity index (χ4n) is 4.88. The molecule has 4 amide bonds. The summed E-state index contributed by atoms with van der Waals surface area (Å²) in [4.78, 5) is 42.7. The van der Waals surface area contributed by atoms with Crippen molar-refractivity contribution in [2.75, 3.05) is 20.1 Å². The van der Waals surface area contributed by atoms with Crippen LogP contribution in [0.1, 0.15) is 53.0 Å². The van der Waals surface area contributed by atoms with Crippen LogP contribution in [0.5, 0.6) is 0 Å². The SMILES string of the molecule is CC[C@@H](C)C(=O)N[C@H](C(=O)N1CC[C@@H]2[C@H]1[C@@H](OCc1ccc(F)cc1)CN2C(=O)NC)C(C)(C)C. The number of fused-ring (bicyclic) bond motifs is 1. The molecule has 35 heavy (non-hydrogen) atoms. The number of nitrogens with one attached hydrogen (secondary N) is 2. The maximum absolute atomic E-state index is 13.9. The zero-order chi connectivity index (χ0) is 25.9. The van der Waals surface area contributed by atoms with Gasteiger partial charge in [-0.1, -0.05) is 46.8 Å².